The largest absolute Gasteiger partial charge is 0.345 e. The Morgan fingerprint density at radius 1 is 1.27 bits per heavy atom. The van der Waals surface area contributed by atoms with Gasteiger partial charge in [0.25, 0.3) is 15.0 Å². The van der Waals surface area contributed by atoms with Crippen molar-refractivity contribution < 1.29 is 13.2 Å². The molecule has 0 saturated carbocycles. The summed E-state index contributed by atoms with van der Waals surface area (Å²) >= 11 is 0. The Balaban J connectivity index is 3.38. The van der Waals surface area contributed by atoms with Crippen LogP contribution in [0.25, 0.3) is 0 Å². The van der Waals surface area contributed by atoms with Gasteiger partial charge in [0, 0.05) is 24.8 Å². The van der Waals surface area contributed by atoms with Gasteiger partial charge in [-0.1, -0.05) is 12.1 Å². The van der Waals surface area contributed by atoms with Crippen LogP contribution < -0.4 is 0 Å². The lowest BCUT2D eigenvalue weighted by Gasteiger charge is -2.12. The molecule has 0 spiro atoms. The van der Waals surface area contributed by atoms with Crippen LogP contribution in [0.5, 0.6) is 0 Å². The summed E-state index contributed by atoms with van der Waals surface area (Å²) in [5.74, 6) is -0.394. The minimum Gasteiger partial charge on any atom is -0.345 e. The fourth-order valence-electron chi connectivity index (χ4n) is 1.10. The van der Waals surface area contributed by atoms with E-state index >= 15 is 0 Å². The first-order valence-corrected chi connectivity index (χ1v) is 6.40. The summed E-state index contributed by atoms with van der Waals surface area (Å²) in [6.07, 6.45) is 0. The normalized spacial score (nSPS) is 11.1. The molecule has 6 heteroatoms. The van der Waals surface area contributed by atoms with Gasteiger partial charge in [-0.3, -0.25) is 4.79 Å². The minimum absolute atomic E-state index is 0.0810. The summed E-state index contributed by atoms with van der Waals surface area (Å²) in [5, 5.41) is 0. The van der Waals surface area contributed by atoms with E-state index in [1.807, 2.05) is 0 Å². The predicted molar refractivity (Wildman–Crippen MR) is 57.5 cm³/mol. The fourth-order valence-corrected chi connectivity index (χ4v) is 2.16. The van der Waals surface area contributed by atoms with Gasteiger partial charge < -0.3 is 4.90 Å². The zero-order chi connectivity index (χ0) is 11.6. The van der Waals surface area contributed by atoms with Crippen LogP contribution in [0.4, 0.5) is 0 Å². The molecule has 15 heavy (non-hydrogen) atoms. The van der Waals surface area contributed by atoms with Crippen molar-refractivity contribution in [2.24, 2.45) is 0 Å². The highest BCUT2D eigenvalue weighted by molar-refractivity contribution is 8.13. The summed E-state index contributed by atoms with van der Waals surface area (Å²) in [4.78, 5) is 12.7. The molecule has 4 nitrogen and oxygen atoms in total. The van der Waals surface area contributed by atoms with Gasteiger partial charge in [0.05, 0.1) is 10.5 Å². The van der Waals surface area contributed by atoms with Crippen molar-refractivity contribution in [2.75, 3.05) is 14.1 Å². The van der Waals surface area contributed by atoms with E-state index in [0.717, 1.165) is 0 Å². The van der Waals surface area contributed by atoms with Gasteiger partial charge in [-0.25, -0.2) is 8.42 Å². The lowest BCUT2D eigenvalue weighted by Crippen LogP contribution is -2.23. The second-order valence-electron chi connectivity index (χ2n) is 3.13. The number of benzene rings is 1. The van der Waals surface area contributed by atoms with E-state index in [1.165, 1.54) is 23.1 Å². The van der Waals surface area contributed by atoms with Crippen molar-refractivity contribution in [1.82, 2.24) is 4.90 Å². The summed E-state index contributed by atoms with van der Waals surface area (Å²) < 4.78 is 22.4. The number of carbonyl (C=O) groups is 1. The quantitative estimate of drug-likeness (QED) is 0.741. The maximum Gasteiger partial charge on any atom is 0.262 e. The SMILES string of the molecule is CN(C)C(=O)c1ccccc1S(=O)(=O)Cl. The molecule has 0 atom stereocenters. The van der Waals surface area contributed by atoms with E-state index < -0.39 is 15.0 Å². The standard InChI is InChI=1S/C9H10ClNO3S/c1-11(2)9(12)7-5-3-4-6-8(7)15(10,13)14/h3-6H,1-2H3. The summed E-state index contributed by atoms with van der Waals surface area (Å²) in [5.41, 5.74) is 0.0810. The lowest BCUT2D eigenvalue weighted by atomic mass is 10.2. The molecule has 1 amide bonds. The summed E-state index contributed by atoms with van der Waals surface area (Å²) in [6.45, 7) is 0. The van der Waals surface area contributed by atoms with Crippen LogP contribution in [0.3, 0.4) is 0 Å². The second kappa shape index (κ2) is 4.20. The van der Waals surface area contributed by atoms with Crippen LogP contribution in [0.1, 0.15) is 10.4 Å². The van der Waals surface area contributed by atoms with Gasteiger partial charge in [-0.05, 0) is 12.1 Å². The second-order valence-corrected chi connectivity index (χ2v) is 5.67. The molecule has 1 aromatic carbocycles. The molecule has 0 unspecified atom stereocenters. The molecular formula is C9H10ClNO3S. The monoisotopic (exact) mass is 247 g/mol. The molecule has 0 aliphatic heterocycles. The van der Waals surface area contributed by atoms with E-state index in [1.54, 1.807) is 20.2 Å². The van der Waals surface area contributed by atoms with E-state index in [2.05, 4.69) is 0 Å². The average molecular weight is 248 g/mol. The van der Waals surface area contributed by atoms with Crippen LogP contribution in [0.2, 0.25) is 0 Å². The highest BCUT2D eigenvalue weighted by Gasteiger charge is 2.20. The lowest BCUT2D eigenvalue weighted by molar-refractivity contribution is 0.0824. The van der Waals surface area contributed by atoms with Crippen molar-refractivity contribution >= 4 is 25.6 Å². The van der Waals surface area contributed by atoms with Crippen LogP contribution >= 0.6 is 10.7 Å². The zero-order valence-corrected chi connectivity index (χ0v) is 9.84. The summed E-state index contributed by atoms with van der Waals surface area (Å²) in [7, 11) is 4.41. The van der Waals surface area contributed by atoms with Crippen LogP contribution in [0.15, 0.2) is 29.2 Å². The third-order valence-electron chi connectivity index (χ3n) is 1.79. The highest BCUT2D eigenvalue weighted by Crippen LogP contribution is 2.20. The van der Waals surface area contributed by atoms with Crippen LogP contribution in [-0.4, -0.2) is 33.3 Å². The van der Waals surface area contributed by atoms with E-state index in [4.69, 9.17) is 10.7 Å². The first kappa shape index (κ1) is 12.0. The van der Waals surface area contributed by atoms with Crippen molar-refractivity contribution in [3.63, 3.8) is 0 Å². The molecule has 0 aliphatic rings. The number of amides is 1. The zero-order valence-electron chi connectivity index (χ0n) is 8.27. The molecule has 1 aromatic rings. The van der Waals surface area contributed by atoms with Gasteiger partial charge >= 0.3 is 0 Å². The van der Waals surface area contributed by atoms with Gasteiger partial charge in [0.2, 0.25) is 0 Å². The van der Waals surface area contributed by atoms with Gasteiger partial charge in [-0.2, -0.15) is 0 Å². The first-order valence-electron chi connectivity index (χ1n) is 4.09. The average Bonchev–Trinajstić information content (AvgIpc) is 2.15. The molecule has 0 heterocycles. The highest BCUT2D eigenvalue weighted by atomic mass is 35.7. The van der Waals surface area contributed by atoms with Crippen LogP contribution in [0, 0.1) is 0 Å². The molecule has 0 fully saturated rings. The van der Waals surface area contributed by atoms with Crippen molar-refractivity contribution in [2.45, 2.75) is 4.90 Å². The third kappa shape index (κ3) is 2.70. The third-order valence-corrected chi connectivity index (χ3v) is 3.17. The topological polar surface area (TPSA) is 54.5 Å². The van der Waals surface area contributed by atoms with Crippen LogP contribution in [-0.2, 0) is 9.05 Å². The molecular weight excluding hydrogens is 238 g/mol. The maximum absolute atomic E-state index is 11.6. The van der Waals surface area contributed by atoms with Crippen molar-refractivity contribution in [1.29, 1.82) is 0 Å². The Morgan fingerprint density at radius 2 is 1.80 bits per heavy atom. The number of rotatable bonds is 2. The predicted octanol–water partition coefficient (Wildman–Crippen LogP) is 1.32. The smallest absolute Gasteiger partial charge is 0.262 e. The Morgan fingerprint density at radius 3 is 2.27 bits per heavy atom. The molecule has 1 rings (SSSR count). The number of hydrogen-bond acceptors (Lipinski definition) is 3. The van der Waals surface area contributed by atoms with Gasteiger partial charge in [-0.15, -0.1) is 0 Å². The summed E-state index contributed by atoms with van der Waals surface area (Å²) in [6, 6.07) is 5.83. The minimum atomic E-state index is -3.89. The molecule has 0 N–H and O–H groups in total. The molecule has 82 valence electrons. The molecule has 0 bridgehead atoms. The Labute approximate surface area is 92.9 Å². The van der Waals surface area contributed by atoms with E-state index in [-0.39, 0.29) is 10.5 Å². The number of carbonyl (C=O) groups excluding carboxylic acids is 1. The number of halogens is 1. The van der Waals surface area contributed by atoms with E-state index in [9.17, 15) is 13.2 Å². The van der Waals surface area contributed by atoms with Crippen molar-refractivity contribution in [3.05, 3.63) is 29.8 Å². The Hall–Kier alpha value is -1.07. The van der Waals surface area contributed by atoms with Crippen molar-refractivity contribution in [3.8, 4) is 0 Å². The Kier molecular flexibility index (Phi) is 3.36. The van der Waals surface area contributed by atoms with Gasteiger partial charge in [0.1, 0.15) is 0 Å². The first-order chi connectivity index (χ1) is 6.84. The molecule has 0 aromatic heterocycles. The molecule has 0 saturated heterocycles. The van der Waals surface area contributed by atoms with E-state index in [0.29, 0.717) is 0 Å². The Bertz CT molecular complexity index is 482. The molecule has 0 radical (unpaired) electrons. The number of hydrogen-bond donors (Lipinski definition) is 0. The van der Waals surface area contributed by atoms with Gasteiger partial charge in [0.15, 0.2) is 0 Å². The molecule has 0 aliphatic carbocycles. The maximum atomic E-state index is 11.6. The fraction of sp³-hybridized carbons (Fsp3) is 0.222. The number of nitrogens with zero attached hydrogens (tertiary/aromatic N) is 1.